The third-order valence-corrected chi connectivity index (χ3v) is 4.45. The van der Waals surface area contributed by atoms with E-state index in [0.717, 1.165) is 22.4 Å². The van der Waals surface area contributed by atoms with E-state index in [9.17, 15) is 4.79 Å². The molecule has 3 N–H and O–H groups in total. The normalized spacial score (nSPS) is 10.9. The second-order valence-corrected chi connectivity index (χ2v) is 6.30. The number of nitrogens with zero attached hydrogens (tertiary/aromatic N) is 3. The first kappa shape index (κ1) is 16.8. The fraction of sp³-hybridized carbons (Fsp3) is 0.0952. The van der Waals surface area contributed by atoms with Crippen molar-refractivity contribution in [2.24, 2.45) is 5.73 Å². The smallest absolute Gasteiger partial charge is 0.249 e. The summed E-state index contributed by atoms with van der Waals surface area (Å²) in [5.74, 6) is 0.829. The van der Waals surface area contributed by atoms with Crippen LogP contribution in [0.25, 0.3) is 16.9 Å². The van der Waals surface area contributed by atoms with E-state index in [1.54, 1.807) is 12.3 Å². The van der Waals surface area contributed by atoms with E-state index in [0.29, 0.717) is 18.1 Å². The van der Waals surface area contributed by atoms with Gasteiger partial charge in [0.05, 0.1) is 5.52 Å². The van der Waals surface area contributed by atoms with E-state index < -0.39 is 5.91 Å². The van der Waals surface area contributed by atoms with Crippen molar-refractivity contribution in [2.45, 2.75) is 13.5 Å². The lowest BCUT2D eigenvalue weighted by Crippen LogP contribution is -2.11. The van der Waals surface area contributed by atoms with Crippen molar-refractivity contribution in [2.75, 3.05) is 5.32 Å². The molecule has 2 aromatic heterocycles. The number of hydrogen-bond donors (Lipinski definition) is 2. The van der Waals surface area contributed by atoms with Gasteiger partial charge >= 0.3 is 0 Å². The van der Waals surface area contributed by atoms with Crippen molar-refractivity contribution in [1.82, 2.24) is 14.5 Å². The Labute approximate surface area is 156 Å². The minimum Gasteiger partial charge on any atom is -0.366 e. The number of amides is 1. The molecule has 0 aliphatic rings. The zero-order valence-electron chi connectivity index (χ0n) is 14.9. The number of anilines is 1. The van der Waals surface area contributed by atoms with Gasteiger partial charge in [0, 0.05) is 29.4 Å². The predicted octanol–water partition coefficient (Wildman–Crippen LogP) is 3.44. The number of nitrogens with one attached hydrogen (secondary N) is 1. The molecule has 0 spiro atoms. The van der Waals surface area contributed by atoms with Crippen LogP contribution < -0.4 is 11.1 Å². The standard InChI is InChI=1S/C21H19N5O/c1-14-12-17-16(20(22)27)8-5-9-18(17)26(14)21-23-11-10-19(25-21)24-13-15-6-3-2-4-7-15/h2-12H,13H2,1H3,(H2,22,27)(H,23,24,25). The number of fused-ring (bicyclic) bond motifs is 1. The molecule has 0 aliphatic carbocycles. The number of rotatable bonds is 5. The molecule has 0 fully saturated rings. The van der Waals surface area contributed by atoms with Crippen LogP contribution in [0.1, 0.15) is 21.6 Å². The highest BCUT2D eigenvalue weighted by Crippen LogP contribution is 2.25. The van der Waals surface area contributed by atoms with Gasteiger partial charge in [0.2, 0.25) is 11.9 Å². The largest absolute Gasteiger partial charge is 0.366 e. The second kappa shape index (κ2) is 6.92. The Kier molecular flexibility index (Phi) is 4.30. The Morgan fingerprint density at radius 2 is 1.93 bits per heavy atom. The quantitative estimate of drug-likeness (QED) is 0.573. The maximum Gasteiger partial charge on any atom is 0.249 e. The van der Waals surface area contributed by atoms with Crippen LogP contribution in [-0.2, 0) is 6.54 Å². The van der Waals surface area contributed by atoms with Gasteiger partial charge in [-0.15, -0.1) is 0 Å². The van der Waals surface area contributed by atoms with E-state index in [2.05, 4.69) is 27.4 Å². The summed E-state index contributed by atoms with van der Waals surface area (Å²) in [5.41, 5.74) is 8.95. The van der Waals surface area contributed by atoms with Crippen molar-refractivity contribution in [3.05, 3.63) is 83.7 Å². The summed E-state index contributed by atoms with van der Waals surface area (Å²) in [4.78, 5) is 20.8. The first-order chi connectivity index (χ1) is 13.1. The van der Waals surface area contributed by atoms with Crippen LogP contribution in [0.3, 0.4) is 0 Å². The van der Waals surface area contributed by atoms with Gasteiger partial charge in [-0.25, -0.2) is 4.98 Å². The van der Waals surface area contributed by atoms with Crippen molar-refractivity contribution >= 4 is 22.6 Å². The number of hydrogen-bond acceptors (Lipinski definition) is 4. The molecular weight excluding hydrogens is 338 g/mol. The molecule has 2 aromatic carbocycles. The Morgan fingerprint density at radius 1 is 1.11 bits per heavy atom. The van der Waals surface area contributed by atoms with Crippen molar-refractivity contribution < 1.29 is 4.79 Å². The third kappa shape index (κ3) is 3.25. The molecule has 4 aromatic rings. The first-order valence-electron chi connectivity index (χ1n) is 8.65. The zero-order chi connectivity index (χ0) is 18.8. The number of benzene rings is 2. The summed E-state index contributed by atoms with van der Waals surface area (Å²) in [5, 5.41) is 4.12. The summed E-state index contributed by atoms with van der Waals surface area (Å²) < 4.78 is 1.93. The molecule has 0 unspecified atom stereocenters. The highest BCUT2D eigenvalue weighted by Gasteiger charge is 2.15. The zero-order valence-corrected chi connectivity index (χ0v) is 14.9. The molecule has 134 valence electrons. The molecule has 0 saturated carbocycles. The summed E-state index contributed by atoms with van der Waals surface area (Å²) in [6, 6.07) is 19.4. The first-order valence-corrected chi connectivity index (χ1v) is 8.65. The highest BCUT2D eigenvalue weighted by molar-refractivity contribution is 6.06. The molecule has 2 heterocycles. The van der Waals surface area contributed by atoms with Gasteiger partial charge in [0.25, 0.3) is 0 Å². The van der Waals surface area contributed by atoms with Gasteiger partial charge in [0.15, 0.2) is 0 Å². The lowest BCUT2D eigenvalue weighted by molar-refractivity contribution is 0.100. The number of primary amides is 1. The molecule has 0 aliphatic heterocycles. The van der Waals surface area contributed by atoms with Crippen LogP contribution in [0.4, 0.5) is 5.82 Å². The maximum atomic E-state index is 11.7. The van der Waals surface area contributed by atoms with Crippen LogP contribution in [-0.4, -0.2) is 20.4 Å². The average molecular weight is 357 g/mol. The van der Waals surface area contributed by atoms with Gasteiger partial charge in [-0.3, -0.25) is 9.36 Å². The lowest BCUT2D eigenvalue weighted by atomic mass is 10.1. The maximum absolute atomic E-state index is 11.7. The summed E-state index contributed by atoms with van der Waals surface area (Å²) in [7, 11) is 0. The lowest BCUT2D eigenvalue weighted by Gasteiger charge is -2.10. The Morgan fingerprint density at radius 3 is 2.70 bits per heavy atom. The van der Waals surface area contributed by atoms with Crippen LogP contribution in [0.15, 0.2) is 66.9 Å². The van der Waals surface area contributed by atoms with Gasteiger partial charge in [-0.05, 0) is 36.8 Å². The molecule has 6 heteroatoms. The Balaban J connectivity index is 1.71. The minimum absolute atomic E-state index is 0.447. The molecular formula is C21H19N5O. The van der Waals surface area contributed by atoms with Gasteiger partial charge in [0.1, 0.15) is 5.82 Å². The van der Waals surface area contributed by atoms with E-state index in [1.165, 1.54) is 5.56 Å². The molecule has 4 rings (SSSR count). The summed E-state index contributed by atoms with van der Waals surface area (Å²) >= 11 is 0. The van der Waals surface area contributed by atoms with E-state index >= 15 is 0 Å². The molecule has 0 saturated heterocycles. The molecule has 6 nitrogen and oxygen atoms in total. The molecule has 1 amide bonds. The fourth-order valence-electron chi connectivity index (χ4n) is 3.19. The predicted molar refractivity (Wildman–Crippen MR) is 106 cm³/mol. The fourth-order valence-corrected chi connectivity index (χ4v) is 3.19. The van der Waals surface area contributed by atoms with Crippen molar-refractivity contribution in [3.8, 4) is 5.95 Å². The minimum atomic E-state index is -0.447. The van der Waals surface area contributed by atoms with Gasteiger partial charge in [-0.1, -0.05) is 36.4 Å². The molecule has 27 heavy (non-hydrogen) atoms. The summed E-state index contributed by atoms with van der Waals surface area (Å²) in [6.07, 6.45) is 1.72. The van der Waals surface area contributed by atoms with Crippen LogP contribution in [0, 0.1) is 6.92 Å². The van der Waals surface area contributed by atoms with Crippen LogP contribution >= 0.6 is 0 Å². The SMILES string of the molecule is Cc1cc2c(C(N)=O)cccc2n1-c1nccc(NCc2ccccc2)n1. The van der Waals surface area contributed by atoms with E-state index in [1.807, 2.05) is 54.0 Å². The third-order valence-electron chi connectivity index (χ3n) is 4.45. The van der Waals surface area contributed by atoms with Crippen molar-refractivity contribution in [1.29, 1.82) is 0 Å². The Bertz CT molecular complexity index is 1120. The number of aromatic nitrogens is 3. The van der Waals surface area contributed by atoms with Crippen LogP contribution in [0.2, 0.25) is 0 Å². The number of aryl methyl sites for hydroxylation is 1. The van der Waals surface area contributed by atoms with Crippen LogP contribution in [0.5, 0.6) is 0 Å². The monoisotopic (exact) mass is 357 g/mol. The van der Waals surface area contributed by atoms with Gasteiger partial charge < -0.3 is 11.1 Å². The molecule has 0 atom stereocenters. The number of carbonyl (C=O) groups excluding carboxylic acids is 1. The molecule has 0 bridgehead atoms. The number of carbonyl (C=O) groups is 1. The van der Waals surface area contributed by atoms with E-state index in [-0.39, 0.29) is 0 Å². The van der Waals surface area contributed by atoms with E-state index in [4.69, 9.17) is 5.73 Å². The molecule has 0 radical (unpaired) electrons. The average Bonchev–Trinajstić information content (AvgIpc) is 3.03. The second-order valence-electron chi connectivity index (χ2n) is 6.30. The number of nitrogens with two attached hydrogens (primary N) is 1. The topological polar surface area (TPSA) is 85.8 Å². The van der Waals surface area contributed by atoms with Gasteiger partial charge in [-0.2, -0.15) is 4.98 Å². The Hall–Kier alpha value is -3.67. The highest BCUT2D eigenvalue weighted by atomic mass is 16.1. The summed E-state index contributed by atoms with van der Waals surface area (Å²) in [6.45, 7) is 2.63. The van der Waals surface area contributed by atoms with Crippen molar-refractivity contribution in [3.63, 3.8) is 0 Å².